The molecular weight excluding hydrogens is 447 g/mol. The van der Waals surface area contributed by atoms with E-state index in [1.54, 1.807) is 0 Å². The van der Waals surface area contributed by atoms with Gasteiger partial charge in [-0.25, -0.2) is 0 Å². The van der Waals surface area contributed by atoms with E-state index in [0.717, 1.165) is 25.7 Å². The summed E-state index contributed by atoms with van der Waals surface area (Å²) < 4.78 is 11.6. The van der Waals surface area contributed by atoms with Gasteiger partial charge >= 0.3 is 175 Å². The average Bonchev–Trinajstić information content (AvgIpc) is 2.59. The van der Waals surface area contributed by atoms with Crippen LogP contribution in [-0.2, 0) is 6.15 Å². The Kier molecular flexibility index (Phi) is 19.1. The second-order valence-electron chi connectivity index (χ2n) is 8.36. The third-order valence-corrected chi connectivity index (χ3v) is 9.74. The molecule has 2 N–H and O–H groups in total. The molecule has 2 atom stereocenters. The van der Waals surface area contributed by atoms with Gasteiger partial charge in [-0.15, -0.1) is 0 Å². The first-order chi connectivity index (χ1) is 12.9. The van der Waals surface area contributed by atoms with Gasteiger partial charge in [-0.1, -0.05) is 0 Å². The van der Waals surface area contributed by atoms with Crippen molar-refractivity contribution < 1.29 is 16.4 Å². The molecule has 4 nitrogen and oxygen atoms in total. The Morgan fingerprint density at radius 3 is 1.19 bits per heavy atom. The molecule has 0 fully saturated rings. The van der Waals surface area contributed by atoms with Gasteiger partial charge in [0.05, 0.1) is 0 Å². The first-order valence-electron chi connectivity index (χ1n) is 11.6. The van der Waals surface area contributed by atoms with Gasteiger partial charge in [0.15, 0.2) is 0 Å². The molecule has 0 saturated heterocycles. The van der Waals surface area contributed by atoms with E-state index in [2.05, 4.69) is 13.8 Å². The molecule has 0 aliphatic carbocycles. The van der Waals surface area contributed by atoms with Crippen molar-refractivity contribution >= 4 is 19.2 Å². The monoisotopic (exact) mass is 496 g/mol. The first-order valence-corrected chi connectivity index (χ1v) is 19.7. The number of aliphatic hydroxyl groups is 2. The molecule has 2 unspecified atom stereocenters. The number of hydrogen-bond acceptors (Lipinski definition) is 4. The Bertz CT molecular complexity index is 285. The first kappa shape index (κ1) is 27.6. The summed E-state index contributed by atoms with van der Waals surface area (Å²) in [6.07, 6.45) is 17.1. The van der Waals surface area contributed by atoms with Crippen molar-refractivity contribution in [1.29, 1.82) is 0 Å². The molecule has 27 heavy (non-hydrogen) atoms. The van der Waals surface area contributed by atoms with Crippen LogP contribution in [-0.4, -0.2) is 42.0 Å². The zero-order valence-electron chi connectivity index (χ0n) is 18.7. The second-order valence-corrected chi connectivity index (χ2v) is 17.7. The van der Waals surface area contributed by atoms with E-state index in [1.807, 2.05) is 9.88 Å². The van der Waals surface area contributed by atoms with Crippen molar-refractivity contribution in [2.24, 2.45) is 0 Å². The van der Waals surface area contributed by atoms with Gasteiger partial charge in [-0.05, 0) is 0 Å². The van der Waals surface area contributed by atoms with Gasteiger partial charge in [-0.3, -0.25) is 0 Å². The molecule has 0 aliphatic heterocycles. The topological polar surface area (TPSA) is 58.9 Å². The van der Waals surface area contributed by atoms with Gasteiger partial charge in [0.1, 0.15) is 0 Å². The molecule has 0 aromatic carbocycles. The van der Waals surface area contributed by atoms with Crippen LogP contribution in [0.1, 0.15) is 117 Å². The van der Waals surface area contributed by atoms with Crippen molar-refractivity contribution in [2.45, 2.75) is 139 Å². The Morgan fingerprint density at radius 1 is 0.556 bits per heavy atom. The van der Waals surface area contributed by atoms with Crippen LogP contribution < -0.4 is 0 Å². The summed E-state index contributed by atoms with van der Waals surface area (Å²) in [5, 5.41) is 20.2. The fourth-order valence-electron chi connectivity index (χ4n) is 3.35. The van der Waals surface area contributed by atoms with Gasteiger partial charge in [0.2, 0.25) is 0 Å². The van der Waals surface area contributed by atoms with Crippen LogP contribution in [0.5, 0.6) is 0 Å². The zero-order valence-corrected chi connectivity index (χ0v) is 21.5. The second kappa shape index (κ2) is 18.7. The van der Waals surface area contributed by atoms with Crippen molar-refractivity contribution in [2.75, 3.05) is 0 Å². The van der Waals surface area contributed by atoms with E-state index in [9.17, 15) is 10.2 Å². The zero-order chi connectivity index (χ0) is 20.4. The molecule has 5 heteroatoms. The molecule has 0 heterocycles. The summed E-state index contributed by atoms with van der Waals surface area (Å²) in [5.74, 6) is 0. The van der Waals surface area contributed by atoms with Crippen LogP contribution in [0, 0.1) is 0 Å². The van der Waals surface area contributed by atoms with E-state index in [-0.39, 0.29) is 0 Å². The van der Waals surface area contributed by atoms with Crippen LogP contribution in [0.4, 0.5) is 0 Å². The minimum absolute atomic E-state index is 0.672. The number of hydrogen-bond donors (Lipinski definition) is 2. The van der Waals surface area contributed by atoms with E-state index < -0.39 is 31.8 Å². The summed E-state index contributed by atoms with van der Waals surface area (Å²) in [5.41, 5.74) is 0. The molecule has 0 aliphatic rings. The van der Waals surface area contributed by atoms with E-state index in [0.29, 0.717) is 12.8 Å². The van der Waals surface area contributed by atoms with Gasteiger partial charge in [0.25, 0.3) is 0 Å². The summed E-state index contributed by atoms with van der Waals surface area (Å²) in [6, 6.07) is 0. The number of unbranched alkanes of at least 4 members (excludes halogenated alkanes) is 12. The van der Waals surface area contributed by atoms with Crippen LogP contribution in [0.2, 0.25) is 9.88 Å². The molecular formula is C22H48O4Sn. The Hall–Kier alpha value is 0.639. The van der Waals surface area contributed by atoms with Crippen LogP contribution in [0.15, 0.2) is 0 Å². The van der Waals surface area contributed by atoms with E-state index >= 15 is 0 Å². The quantitative estimate of drug-likeness (QED) is 0.113. The molecule has 0 spiro atoms. The maximum atomic E-state index is 10.1. The normalized spacial score (nSPS) is 14.4. The average molecular weight is 495 g/mol. The SMILES string of the molecule is CCCCCCCCCC(O)[O][Sn]([CH3])([CH3])[O]C(O)CCCCCCCCC. The summed E-state index contributed by atoms with van der Waals surface area (Å²) in [4.78, 5) is 3.94. The fourth-order valence-corrected chi connectivity index (χ4v) is 7.92. The molecule has 0 aromatic heterocycles. The van der Waals surface area contributed by atoms with E-state index in [1.165, 1.54) is 64.2 Å². The van der Waals surface area contributed by atoms with Crippen molar-refractivity contribution in [3.8, 4) is 0 Å². The van der Waals surface area contributed by atoms with E-state index in [4.69, 9.17) is 6.15 Å². The summed E-state index contributed by atoms with van der Waals surface area (Å²) >= 11 is -3.29. The molecule has 0 radical (unpaired) electrons. The maximum absolute atomic E-state index is 10.1. The van der Waals surface area contributed by atoms with Gasteiger partial charge in [0, 0.05) is 0 Å². The third kappa shape index (κ3) is 19.7. The molecule has 0 aromatic rings. The molecule has 164 valence electrons. The minimum atomic E-state index is -3.29. The van der Waals surface area contributed by atoms with Crippen LogP contribution >= 0.6 is 0 Å². The van der Waals surface area contributed by atoms with Crippen molar-refractivity contribution in [3.05, 3.63) is 0 Å². The fraction of sp³-hybridized carbons (Fsp3) is 1.00. The Labute approximate surface area is 174 Å². The summed E-state index contributed by atoms with van der Waals surface area (Å²) in [6.45, 7) is 4.46. The Balaban J connectivity index is 3.71. The molecule has 0 bridgehead atoms. The van der Waals surface area contributed by atoms with Crippen LogP contribution in [0.25, 0.3) is 0 Å². The summed E-state index contributed by atoms with van der Waals surface area (Å²) in [7, 11) is 0. The van der Waals surface area contributed by atoms with Gasteiger partial charge in [-0.2, -0.15) is 0 Å². The molecule has 0 saturated carbocycles. The standard InChI is InChI=1S/2C10H21O2.2CH3.Sn/c2*1-2-3-4-5-6-7-8-9-10(11)12;;;/h2*10-11H,2-9H2,1H3;2*1H3;/q2*-1;;;+2. The van der Waals surface area contributed by atoms with Crippen LogP contribution in [0.3, 0.4) is 0 Å². The third-order valence-electron chi connectivity index (χ3n) is 4.95. The molecule has 0 amide bonds. The van der Waals surface area contributed by atoms with Gasteiger partial charge < -0.3 is 0 Å². The predicted molar refractivity (Wildman–Crippen MR) is 117 cm³/mol. The van der Waals surface area contributed by atoms with Crippen molar-refractivity contribution in [1.82, 2.24) is 0 Å². The molecule has 0 rings (SSSR count). The number of rotatable bonds is 20. The Morgan fingerprint density at radius 2 is 0.852 bits per heavy atom. The number of aliphatic hydroxyl groups excluding tert-OH is 2. The van der Waals surface area contributed by atoms with Crippen molar-refractivity contribution in [3.63, 3.8) is 0 Å². The predicted octanol–water partition coefficient (Wildman–Crippen LogP) is 6.64.